The summed E-state index contributed by atoms with van der Waals surface area (Å²) in [6, 6.07) is 7.11. The van der Waals surface area contributed by atoms with Gasteiger partial charge in [0.1, 0.15) is 5.82 Å². The lowest BCUT2D eigenvalue weighted by molar-refractivity contribution is 0.140. The Morgan fingerprint density at radius 1 is 0.760 bits per heavy atom. The van der Waals surface area contributed by atoms with Gasteiger partial charge in [0.05, 0.1) is 0 Å². The molecule has 1 aromatic carbocycles. The zero-order chi connectivity index (χ0) is 17.5. The SMILES string of the molecule is CCCC[C@H]1CC[C@H]([C@H]2CC[C@H](CCc3ccc(F)cc3)CC2)CC1. The van der Waals surface area contributed by atoms with Crippen molar-refractivity contribution < 1.29 is 4.39 Å². The van der Waals surface area contributed by atoms with E-state index in [9.17, 15) is 4.39 Å². The highest BCUT2D eigenvalue weighted by Gasteiger charge is 2.30. The van der Waals surface area contributed by atoms with Gasteiger partial charge in [-0.05, 0) is 79.9 Å². The Balaban J connectivity index is 1.34. The molecule has 0 unspecified atom stereocenters. The van der Waals surface area contributed by atoms with Gasteiger partial charge in [0.25, 0.3) is 0 Å². The fourth-order valence-corrected chi connectivity index (χ4v) is 5.41. The van der Waals surface area contributed by atoms with E-state index in [4.69, 9.17) is 0 Å². The van der Waals surface area contributed by atoms with Crippen molar-refractivity contribution in [3.8, 4) is 0 Å². The maximum Gasteiger partial charge on any atom is 0.123 e. The van der Waals surface area contributed by atoms with Crippen LogP contribution in [0.5, 0.6) is 0 Å². The largest absolute Gasteiger partial charge is 0.207 e. The second-order valence-electron chi connectivity index (χ2n) is 8.87. The Hall–Kier alpha value is -0.850. The lowest BCUT2D eigenvalue weighted by atomic mass is 9.68. The minimum absolute atomic E-state index is 0.117. The average molecular weight is 345 g/mol. The minimum Gasteiger partial charge on any atom is -0.207 e. The van der Waals surface area contributed by atoms with Gasteiger partial charge in [0.2, 0.25) is 0 Å². The first-order valence-electron chi connectivity index (χ1n) is 11.0. The van der Waals surface area contributed by atoms with Gasteiger partial charge in [-0.3, -0.25) is 0 Å². The molecule has 25 heavy (non-hydrogen) atoms. The van der Waals surface area contributed by atoms with Gasteiger partial charge in [-0.15, -0.1) is 0 Å². The highest BCUT2D eigenvalue weighted by molar-refractivity contribution is 5.16. The summed E-state index contributed by atoms with van der Waals surface area (Å²) in [7, 11) is 0. The molecule has 0 radical (unpaired) electrons. The topological polar surface area (TPSA) is 0 Å². The molecule has 2 fully saturated rings. The van der Waals surface area contributed by atoms with Crippen molar-refractivity contribution in [2.24, 2.45) is 23.7 Å². The van der Waals surface area contributed by atoms with Crippen molar-refractivity contribution in [3.05, 3.63) is 35.6 Å². The third-order valence-electron chi connectivity index (χ3n) is 7.17. The fourth-order valence-electron chi connectivity index (χ4n) is 5.41. The standard InChI is InChI=1S/C24H37F/c1-2-3-4-19-7-13-22(14-8-19)23-15-9-20(10-16-23)5-6-21-11-17-24(25)18-12-21/h11-12,17-20,22-23H,2-10,13-16H2,1H3/t19-,20-,22-,23-. The molecule has 0 aromatic heterocycles. The molecule has 0 spiro atoms. The zero-order valence-corrected chi connectivity index (χ0v) is 16.2. The summed E-state index contributed by atoms with van der Waals surface area (Å²) >= 11 is 0. The van der Waals surface area contributed by atoms with Gasteiger partial charge in [-0.25, -0.2) is 4.39 Å². The normalized spacial score (nSPS) is 30.3. The Kier molecular flexibility index (Phi) is 7.37. The predicted molar refractivity (Wildman–Crippen MR) is 105 cm³/mol. The second kappa shape index (κ2) is 9.74. The van der Waals surface area contributed by atoms with E-state index >= 15 is 0 Å². The van der Waals surface area contributed by atoms with Gasteiger partial charge in [-0.2, -0.15) is 0 Å². The molecule has 0 bridgehead atoms. The molecule has 3 rings (SSSR count). The summed E-state index contributed by atoms with van der Waals surface area (Å²) in [5.41, 5.74) is 1.30. The Labute approximate surface area is 154 Å². The summed E-state index contributed by atoms with van der Waals surface area (Å²) in [5.74, 6) is 3.89. The van der Waals surface area contributed by atoms with Gasteiger partial charge in [0, 0.05) is 0 Å². The van der Waals surface area contributed by atoms with Crippen LogP contribution in [-0.2, 0) is 6.42 Å². The van der Waals surface area contributed by atoms with E-state index in [0.29, 0.717) is 0 Å². The molecule has 0 amide bonds. The van der Waals surface area contributed by atoms with Crippen LogP contribution in [0.2, 0.25) is 0 Å². The molecule has 140 valence electrons. The number of hydrogen-bond donors (Lipinski definition) is 0. The van der Waals surface area contributed by atoms with Gasteiger partial charge < -0.3 is 0 Å². The van der Waals surface area contributed by atoms with Crippen molar-refractivity contribution in [2.45, 2.75) is 90.4 Å². The first kappa shape index (κ1) is 18.9. The van der Waals surface area contributed by atoms with Crippen molar-refractivity contribution in [3.63, 3.8) is 0 Å². The number of halogens is 1. The van der Waals surface area contributed by atoms with Crippen LogP contribution in [0.1, 0.15) is 89.5 Å². The van der Waals surface area contributed by atoms with E-state index in [1.165, 1.54) is 82.6 Å². The maximum atomic E-state index is 13.0. The van der Waals surface area contributed by atoms with Crippen LogP contribution in [0.3, 0.4) is 0 Å². The number of unbranched alkanes of at least 4 members (excludes halogenated alkanes) is 1. The molecule has 1 heteroatoms. The molecular weight excluding hydrogens is 307 g/mol. The second-order valence-corrected chi connectivity index (χ2v) is 8.87. The molecular formula is C24H37F. The molecule has 0 atom stereocenters. The summed E-state index contributed by atoms with van der Waals surface area (Å²) in [6.45, 7) is 2.32. The highest BCUT2D eigenvalue weighted by Crippen LogP contribution is 2.43. The third kappa shape index (κ3) is 5.83. The van der Waals surface area contributed by atoms with Crippen LogP contribution in [0, 0.1) is 29.5 Å². The first-order valence-corrected chi connectivity index (χ1v) is 11.0. The summed E-state index contributed by atoms with van der Waals surface area (Å²) in [6.07, 6.45) is 18.6. The lowest BCUT2D eigenvalue weighted by Gasteiger charge is -2.38. The fraction of sp³-hybridized carbons (Fsp3) is 0.750. The van der Waals surface area contributed by atoms with E-state index in [1.54, 1.807) is 12.1 Å². The number of hydrogen-bond acceptors (Lipinski definition) is 0. The Bertz CT molecular complexity index is 475. The smallest absolute Gasteiger partial charge is 0.123 e. The molecule has 0 saturated heterocycles. The van der Waals surface area contributed by atoms with Crippen molar-refractivity contribution in [2.75, 3.05) is 0 Å². The molecule has 0 heterocycles. The van der Waals surface area contributed by atoms with E-state index in [1.807, 2.05) is 12.1 Å². The summed E-state index contributed by atoms with van der Waals surface area (Å²) in [5, 5.41) is 0. The monoisotopic (exact) mass is 344 g/mol. The van der Waals surface area contributed by atoms with Gasteiger partial charge >= 0.3 is 0 Å². The first-order chi connectivity index (χ1) is 12.2. The van der Waals surface area contributed by atoms with Crippen LogP contribution >= 0.6 is 0 Å². The number of benzene rings is 1. The lowest BCUT2D eigenvalue weighted by Crippen LogP contribution is -2.26. The molecule has 2 aliphatic rings. The van der Waals surface area contributed by atoms with Crippen molar-refractivity contribution >= 4 is 0 Å². The zero-order valence-electron chi connectivity index (χ0n) is 16.2. The quantitative estimate of drug-likeness (QED) is 0.478. The van der Waals surface area contributed by atoms with E-state index in [2.05, 4.69) is 6.92 Å². The van der Waals surface area contributed by atoms with Crippen LogP contribution in [0.15, 0.2) is 24.3 Å². The van der Waals surface area contributed by atoms with Crippen LogP contribution in [0.25, 0.3) is 0 Å². The van der Waals surface area contributed by atoms with Crippen LogP contribution in [0.4, 0.5) is 4.39 Å². The van der Waals surface area contributed by atoms with Gasteiger partial charge in [0.15, 0.2) is 0 Å². The molecule has 0 nitrogen and oxygen atoms in total. The number of rotatable bonds is 7. The predicted octanol–water partition coefficient (Wildman–Crippen LogP) is 7.56. The molecule has 1 aromatic rings. The molecule has 0 N–H and O–H groups in total. The van der Waals surface area contributed by atoms with Crippen molar-refractivity contribution in [1.29, 1.82) is 0 Å². The number of aryl methyl sites for hydroxylation is 1. The van der Waals surface area contributed by atoms with E-state index in [-0.39, 0.29) is 5.82 Å². The molecule has 2 aliphatic carbocycles. The maximum absolute atomic E-state index is 13.0. The van der Waals surface area contributed by atoms with E-state index < -0.39 is 0 Å². The summed E-state index contributed by atoms with van der Waals surface area (Å²) < 4.78 is 13.0. The minimum atomic E-state index is -0.117. The van der Waals surface area contributed by atoms with Crippen LogP contribution in [-0.4, -0.2) is 0 Å². The third-order valence-corrected chi connectivity index (χ3v) is 7.17. The Morgan fingerprint density at radius 2 is 1.28 bits per heavy atom. The van der Waals surface area contributed by atoms with E-state index in [0.717, 1.165) is 30.1 Å². The van der Waals surface area contributed by atoms with Crippen LogP contribution < -0.4 is 0 Å². The van der Waals surface area contributed by atoms with Crippen molar-refractivity contribution in [1.82, 2.24) is 0 Å². The Morgan fingerprint density at radius 3 is 1.80 bits per heavy atom. The molecule has 2 saturated carbocycles. The average Bonchev–Trinajstić information content (AvgIpc) is 2.67. The summed E-state index contributed by atoms with van der Waals surface area (Å²) in [4.78, 5) is 0. The molecule has 0 aliphatic heterocycles. The highest BCUT2D eigenvalue weighted by atomic mass is 19.1. The van der Waals surface area contributed by atoms with Gasteiger partial charge in [-0.1, -0.05) is 64.0 Å².